The number of nitrogens with zero attached hydrogens (tertiary/aromatic N) is 5. The van der Waals surface area contributed by atoms with E-state index in [0.717, 1.165) is 23.0 Å². The number of aryl methyl sites for hydroxylation is 1. The van der Waals surface area contributed by atoms with Gasteiger partial charge in [-0.25, -0.2) is 4.98 Å². The van der Waals surface area contributed by atoms with Gasteiger partial charge in [0, 0.05) is 31.7 Å². The first-order valence-electron chi connectivity index (χ1n) is 11.3. The summed E-state index contributed by atoms with van der Waals surface area (Å²) in [5.74, 6) is -0.345. The van der Waals surface area contributed by atoms with Crippen molar-refractivity contribution >= 4 is 46.9 Å². The number of aromatic nitrogens is 3. The lowest BCUT2D eigenvalue weighted by Crippen LogP contribution is -2.34. The van der Waals surface area contributed by atoms with E-state index in [2.05, 4.69) is 37.9 Å². The van der Waals surface area contributed by atoms with Gasteiger partial charge in [-0.2, -0.15) is 5.10 Å². The molecular formula is C25H34N8O2S. The number of nitrogens with two attached hydrogens (primary N) is 1. The minimum absolute atomic E-state index is 0.0125. The van der Waals surface area contributed by atoms with Crippen molar-refractivity contribution < 1.29 is 9.59 Å². The molecule has 0 aliphatic rings. The normalized spacial score (nSPS) is 11.1. The molecule has 36 heavy (non-hydrogen) atoms. The zero-order valence-electron chi connectivity index (χ0n) is 21.4. The van der Waals surface area contributed by atoms with Crippen molar-refractivity contribution in [3.8, 4) is 0 Å². The number of likely N-dealkylation sites (N-methyl/N-ethyl adjacent to an activating group) is 2. The number of aromatic amines is 1. The van der Waals surface area contributed by atoms with Gasteiger partial charge in [0.25, 0.3) is 5.91 Å². The van der Waals surface area contributed by atoms with Gasteiger partial charge in [0.2, 0.25) is 5.91 Å². The number of benzene rings is 1. The molecule has 192 valence electrons. The summed E-state index contributed by atoms with van der Waals surface area (Å²) in [5.41, 5.74) is 7.56. The van der Waals surface area contributed by atoms with E-state index in [1.807, 2.05) is 44.1 Å². The van der Waals surface area contributed by atoms with E-state index in [9.17, 15) is 9.59 Å². The first kappa shape index (κ1) is 28.7. The number of anilines is 1. The van der Waals surface area contributed by atoms with Crippen LogP contribution in [0.15, 0.2) is 57.7 Å². The highest BCUT2D eigenvalue weighted by Crippen LogP contribution is 2.30. The Bertz CT molecular complexity index is 1220. The maximum Gasteiger partial charge on any atom is 0.264 e. The van der Waals surface area contributed by atoms with Crippen LogP contribution in [0.4, 0.5) is 5.69 Å². The minimum atomic E-state index is -0.333. The molecule has 0 aliphatic carbocycles. The molecule has 0 fully saturated rings. The highest BCUT2D eigenvalue weighted by atomic mass is 32.2. The lowest BCUT2D eigenvalue weighted by atomic mass is 10.1. The van der Waals surface area contributed by atoms with Crippen LogP contribution in [0.25, 0.3) is 10.9 Å². The second kappa shape index (κ2) is 14.1. The Hall–Kier alpha value is -3.54. The highest BCUT2D eigenvalue weighted by molar-refractivity contribution is 8.04. The van der Waals surface area contributed by atoms with Crippen LogP contribution in [0.3, 0.4) is 0 Å². The highest BCUT2D eigenvalue weighted by Gasteiger charge is 2.17. The van der Waals surface area contributed by atoms with Crippen molar-refractivity contribution in [2.45, 2.75) is 18.4 Å². The van der Waals surface area contributed by atoms with Crippen LogP contribution in [0.2, 0.25) is 0 Å². The summed E-state index contributed by atoms with van der Waals surface area (Å²) < 4.78 is 0. The Labute approximate surface area is 216 Å². The maximum atomic E-state index is 13.1. The second-order valence-electron chi connectivity index (χ2n) is 8.08. The number of nitrogens with one attached hydrogen (secondary N) is 2. The molecule has 0 aliphatic heterocycles. The van der Waals surface area contributed by atoms with Gasteiger partial charge < -0.3 is 20.9 Å². The van der Waals surface area contributed by atoms with Crippen LogP contribution >= 0.6 is 11.8 Å². The van der Waals surface area contributed by atoms with Gasteiger partial charge in [-0.3, -0.25) is 19.7 Å². The van der Waals surface area contributed by atoms with Crippen LogP contribution in [-0.4, -0.2) is 84.8 Å². The predicted octanol–water partition coefficient (Wildman–Crippen LogP) is 2.68. The molecule has 1 aromatic carbocycles. The monoisotopic (exact) mass is 510 g/mol. The number of carbonyl (C=O) groups excluding carboxylic acids is 2. The number of hydrogen-bond acceptors (Lipinski definition) is 8. The van der Waals surface area contributed by atoms with E-state index < -0.39 is 0 Å². The standard InChI is InChI=1S/C24H29N7O2S.CH5N/c1-16-9-10-19-18(14-26-29-19)23(16)28-24(33)20(15-25-2)34-21-8-6-7-17(27-21)13-22(32)31(5)12-11-30(3)4;1-2/h6-10,14-15H,2,11-13H2,1,3-5H3,(H,26,29)(H,28,33);2H2,1H3/b20-15-;. The molecule has 0 saturated heterocycles. The van der Waals surface area contributed by atoms with E-state index in [-0.39, 0.29) is 18.2 Å². The largest absolute Gasteiger partial charge is 0.344 e. The molecule has 10 nitrogen and oxygen atoms in total. The molecule has 0 bridgehead atoms. The van der Waals surface area contributed by atoms with Crippen LogP contribution in [0.5, 0.6) is 0 Å². The number of fused-ring (bicyclic) bond motifs is 1. The molecule has 2 heterocycles. The molecule has 2 aromatic heterocycles. The van der Waals surface area contributed by atoms with E-state index in [1.165, 1.54) is 25.0 Å². The van der Waals surface area contributed by atoms with Gasteiger partial charge in [0.1, 0.15) is 5.03 Å². The van der Waals surface area contributed by atoms with Crippen LogP contribution < -0.4 is 11.1 Å². The van der Waals surface area contributed by atoms with Gasteiger partial charge in [-0.1, -0.05) is 23.9 Å². The molecule has 0 atom stereocenters. The van der Waals surface area contributed by atoms with Crippen molar-refractivity contribution in [1.82, 2.24) is 25.0 Å². The Balaban J connectivity index is 0.00000222. The molecular weight excluding hydrogens is 476 g/mol. The third kappa shape index (κ3) is 8.01. The average molecular weight is 511 g/mol. The summed E-state index contributed by atoms with van der Waals surface area (Å²) in [6, 6.07) is 9.25. The van der Waals surface area contributed by atoms with Crippen LogP contribution in [0, 0.1) is 6.92 Å². The summed E-state index contributed by atoms with van der Waals surface area (Å²) in [6.45, 7) is 6.83. The summed E-state index contributed by atoms with van der Waals surface area (Å²) in [6.07, 6.45) is 3.27. The maximum absolute atomic E-state index is 13.1. The van der Waals surface area contributed by atoms with E-state index >= 15 is 0 Å². The van der Waals surface area contributed by atoms with Crippen molar-refractivity contribution in [1.29, 1.82) is 0 Å². The minimum Gasteiger partial charge on any atom is -0.344 e. The molecule has 2 amide bonds. The molecule has 3 rings (SSSR count). The summed E-state index contributed by atoms with van der Waals surface area (Å²) >= 11 is 1.17. The first-order chi connectivity index (χ1) is 17.3. The topological polar surface area (TPSA) is 133 Å². The second-order valence-corrected chi connectivity index (χ2v) is 9.15. The smallest absolute Gasteiger partial charge is 0.264 e. The molecule has 0 spiro atoms. The van der Waals surface area contributed by atoms with Crippen molar-refractivity contribution in [2.75, 3.05) is 46.6 Å². The van der Waals surface area contributed by atoms with E-state index in [4.69, 9.17) is 0 Å². The quantitative estimate of drug-likeness (QED) is 0.217. The lowest BCUT2D eigenvalue weighted by molar-refractivity contribution is -0.129. The number of H-pyrrole nitrogens is 1. The Morgan fingerprint density at radius 2 is 1.94 bits per heavy atom. The number of rotatable bonds is 10. The zero-order chi connectivity index (χ0) is 26.7. The molecule has 4 N–H and O–H groups in total. The summed E-state index contributed by atoms with van der Waals surface area (Å²) in [7, 11) is 7.22. The molecule has 11 heteroatoms. The summed E-state index contributed by atoms with van der Waals surface area (Å²) in [4.78, 5) is 38.0. The van der Waals surface area contributed by atoms with Gasteiger partial charge in [0.05, 0.1) is 34.4 Å². The van der Waals surface area contributed by atoms with Crippen molar-refractivity contribution in [2.24, 2.45) is 10.7 Å². The Morgan fingerprint density at radius 3 is 2.64 bits per heavy atom. The molecule has 3 aromatic rings. The number of carbonyl (C=O) groups is 2. The van der Waals surface area contributed by atoms with Crippen molar-refractivity contribution in [3.05, 3.63) is 58.9 Å². The fraction of sp³-hybridized carbons (Fsp3) is 0.320. The van der Waals surface area contributed by atoms with E-state index in [1.54, 1.807) is 30.3 Å². The lowest BCUT2D eigenvalue weighted by Gasteiger charge is -2.19. The SMILES string of the molecule is C=N/C=C(\Sc1cccc(CC(=O)N(C)CCN(C)C)n1)C(=O)Nc1c(C)ccc2[nH]ncc12.CN. The Morgan fingerprint density at radius 1 is 1.19 bits per heavy atom. The molecule has 0 unspecified atom stereocenters. The Kier molecular flexibility index (Phi) is 11.3. The van der Waals surface area contributed by atoms with Gasteiger partial charge in [-0.15, -0.1) is 0 Å². The van der Waals surface area contributed by atoms with Gasteiger partial charge in [0.15, 0.2) is 0 Å². The number of pyridine rings is 1. The van der Waals surface area contributed by atoms with Crippen LogP contribution in [0.1, 0.15) is 11.3 Å². The predicted molar refractivity (Wildman–Crippen MR) is 147 cm³/mol. The summed E-state index contributed by atoms with van der Waals surface area (Å²) in [5, 5.41) is 11.3. The third-order valence-corrected chi connectivity index (χ3v) is 6.09. The van der Waals surface area contributed by atoms with Gasteiger partial charge in [-0.05, 0) is 58.5 Å². The van der Waals surface area contributed by atoms with Gasteiger partial charge >= 0.3 is 0 Å². The first-order valence-corrected chi connectivity index (χ1v) is 12.1. The van der Waals surface area contributed by atoms with E-state index in [0.29, 0.717) is 27.9 Å². The molecule has 0 saturated carbocycles. The number of aliphatic imine (C=N–C) groups is 1. The fourth-order valence-corrected chi connectivity index (χ4v) is 3.98. The fourth-order valence-electron chi connectivity index (χ4n) is 3.17. The zero-order valence-corrected chi connectivity index (χ0v) is 22.2. The number of hydrogen-bond donors (Lipinski definition) is 3. The number of thioether (sulfide) groups is 1. The number of amides is 2. The van der Waals surface area contributed by atoms with Crippen molar-refractivity contribution in [3.63, 3.8) is 0 Å². The third-order valence-electron chi connectivity index (χ3n) is 5.14. The molecule has 0 radical (unpaired) electrons. The average Bonchev–Trinajstić information content (AvgIpc) is 3.34. The van der Waals surface area contributed by atoms with Crippen LogP contribution in [-0.2, 0) is 16.0 Å².